The van der Waals surface area contributed by atoms with Gasteiger partial charge in [-0.05, 0) is 30.3 Å². The molecule has 4 aromatic rings. The van der Waals surface area contributed by atoms with E-state index in [0.29, 0.717) is 11.4 Å². The van der Waals surface area contributed by atoms with Crippen molar-refractivity contribution < 1.29 is 9.53 Å². The summed E-state index contributed by atoms with van der Waals surface area (Å²) in [6.45, 7) is -0.0521. The molecule has 0 aliphatic carbocycles. The number of rotatable bonds is 5. The van der Waals surface area contributed by atoms with Crippen LogP contribution in [0.5, 0.6) is 5.75 Å². The van der Waals surface area contributed by atoms with Crippen molar-refractivity contribution in [1.29, 1.82) is 0 Å². The molecule has 1 amide bonds. The normalized spacial score (nSPS) is 10.5. The number of hydrogen-bond donors (Lipinski definition) is 1. The van der Waals surface area contributed by atoms with E-state index in [9.17, 15) is 4.79 Å². The largest absolute Gasteiger partial charge is 0.484 e. The van der Waals surface area contributed by atoms with E-state index in [-0.39, 0.29) is 12.5 Å². The maximum absolute atomic E-state index is 12.3. The highest BCUT2D eigenvalue weighted by Crippen LogP contribution is 2.28. The summed E-state index contributed by atoms with van der Waals surface area (Å²) in [7, 11) is 0. The lowest BCUT2D eigenvalue weighted by molar-refractivity contribution is -0.118. The van der Waals surface area contributed by atoms with Crippen molar-refractivity contribution in [1.82, 2.24) is 4.98 Å². The molecule has 4 rings (SSSR count). The Morgan fingerprint density at radius 1 is 0.815 bits per heavy atom. The number of benzene rings is 3. The molecule has 1 N–H and O–H groups in total. The monoisotopic (exact) mass is 354 g/mol. The Bertz CT molecular complexity index is 1080. The standard InChI is InChI=1S/C23H18N2O2/c26-23(16-27-18-9-2-1-3-10-18)25-21-13-7-5-11-19(21)22-15-14-17-8-4-6-12-20(17)24-22/h1-15H,16H2,(H,25,26). The fraction of sp³-hybridized carbons (Fsp3) is 0.0435. The van der Waals surface area contributed by atoms with Gasteiger partial charge in [0.1, 0.15) is 5.75 Å². The van der Waals surface area contributed by atoms with Crippen LogP contribution in [-0.4, -0.2) is 17.5 Å². The molecule has 0 saturated carbocycles. The van der Waals surface area contributed by atoms with Crippen LogP contribution in [0, 0.1) is 0 Å². The highest BCUT2D eigenvalue weighted by molar-refractivity contribution is 5.96. The number of carbonyl (C=O) groups excluding carboxylic acids is 1. The predicted molar refractivity (Wildman–Crippen MR) is 108 cm³/mol. The van der Waals surface area contributed by atoms with E-state index in [4.69, 9.17) is 9.72 Å². The van der Waals surface area contributed by atoms with Crippen molar-refractivity contribution >= 4 is 22.5 Å². The summed E-state index contributed by atoms with van der Waals surface area (Å²) in [5.41, 5.74) is 3.32. The number of aromatic nitrogens is 1. The number of carbonyl (C=O) groups is 1. The van der Waals surface area contributed by atoms with E-state index in [0.717, 1.165) is 22.2 Å². The second-order valence-electron chi connectivity index (χ2n) is 6.08. The van der Waals surface area contributed by atoms with E-state index in [1.807, 2.05) is 91.0 Å². The third-order valence-corrected chi connectivity index (χ3v) is 4.19. The van der Waals surface area contributed by atoms with Crippen molar-refractivity contribution in [3.05, 3.63) is 91.0 Å². The molecule has 0 saturated heterocycles. The van der Waals surface area contributed by atoms with Crippen LogP contribution in [0.1, 0.15) is 0 Å². The van der Waals surface area contributed by atoms with Crippen molar-refractivity contribution in [2.75, 3.05) is 11.9 Å². The molecule has 0 bridgehead atoms. The van der Waals surface area contributed by atoms with Gasteiger partial charge in [0, 0.05) is 10.9 Å². The molecule has 0 spiro atoms. The van der Waals surface area contributed by atoms with Gasteiger partial charge in [-0.25, -0.2) is 4.98 Å². The van der Waals surface area contributed by atoms with Crippen LogP contribution in [0.25, 0.3) is 22.2 Å². The van der Waals surface area contributed by atoms with Gasteiger partial charge in [-0.1, -0.05) is 60.7 Å². The van der Waals surface area contributed by atoms with Gasteiger partial charge in [-0.3, -0.25) is 4.79 Å². The van der Waals surface area contributed by atoms with Crippen molar-refractivity contribution in [3.63, 3.8) is 0 Å². The minimum absolute atomic E-state index is 0.0521. The maximum Gasteiger partial charge on any atom is 0.262 e. The number of pyridine rings is 1. The van der Waals surface area contributed by atoms with Crippen LogP contribution in [0.3, 0.4) is 0 Å². The summed E-state index contributed by atoms with van der Waals surface area (Å²) in [5.74, 6) is 0.448. The zero-order valence-corrected chi connectivity index (χ0v) is 14.6. The minimum Gasteiger partial charge on any atom is -0.484 e. The minimum atomic E-state index is -0.216. The number of nitrogens with one attached hydrogen (secondary N) is 1. The zero-order valence-electron chi connectivity index (χ0n) is 14.6. The molecule has 0 radical (unpaired) electrons. The van der Waals surface area contributed by atoms with Crippen molar-refractivity contribution in [2.24, 2.45) is 0 Å². The third kappa shape index (κ3) is 3.96. The molecular weight excluding hydrogens is 336 g/mol. The number of fused-ring (bicyclic) bond motifs is 1. The number of amides is 1. The lowest BCUT2D eigenvalue weighted by atomic mass is 10.1. The lowest BCUT2D eigenvalue weighted by Crippen LogP contribution is -2.20. The Morgan fingerprint density at radius 3 is 2.44 bits per heavy atom. The second kappa shape index (κ2) is 7.70. The van der Waals surface area contributed by atoms with E-state index in [1.165, 1.54) is 0 Å². The zero-order chi connectivity index (χ0) is 18.5. The molecule has 4 heteroatoms. The van der Waals surface area contributed by atoms with Gasteiger partial charge in [-0.15, -0.1) is 0 Å². The van der Waals surface area contributed by atoms with Crippen LogP contribution in [0.2, 0.25) is 0 Å². The first-order valence-corrected chi connectivity index (χ1v) is 8.72. The maximum atomic E-state index is 12.3. The summed E-state index contributed by atoms with van der Waals surface area (Å²) in [5, 5.41) is 4.01. The summed E-state index contributed by atoms with van der Waals surface area (Å²) in [6, 6.07) is 28.9. The molecular formula is C23H18N2O2. The molecule has 1 aromatic heterocycles. The Balaban J connectivity index is 1.54. The Morgan fingerprint density at radius 2 is 1.56 bits per heavy atom. The lowest BCUT2D eigenvalue weighted by Gasteiger charge is -2.12. The van der Waals surface area contributed by atoms with Crippen LogP contribution < -0.4 is 10.1 Å². The number of nitrogens with zero attached hydrogens (tertiary/aromatic N) is 1. The Kier molecular flexibility index (Phi) is 4.79. The second-order valence-corrected chi connectivity index (χ2v) is 6.08. The van der Waals surface area contributed by atoms with Gasteiger partial charge in [0.2, 0.25) is 0 Å². The summed E-state index contributed by atoms with van der Waals surface area (Å²) in [4.78, 5) is 17.0. The fourth-order valence-corrected chi connectivity index (χ4v) is 2.88. The quantitative estimate of drug-likeness (QED) is 0.553. The molecule has 0 aliphatic rings. The van der Waals surface area contributed by atoms with Crippen LogP contribution in [-0.2, 0) is 4.79 Å². The first kappa shape index (κ1) is 16.8. The van der Waals surface area contributed by atoms with E-state index < -0.39 is 0 Å². The molecule has 0 atom stereocenters. The van der Waals surface area contributed by atoms with Crippen LogP contribution in [0.4, 0.5) is 5.69 Å². The molecule has 0 unspecified atom stereocenters. The van der Waals surface area contributed by atoms with Gasteiger partial charge in [-0.2, -0.15) is 0 Å². The molecule has 4 nitrogen and oxygen atoms in total. The number of para-hydroxylation sites is 3. The van der Waals surface area contributed by atoms with Crippen LogP contribution >= 0.6 is 0 Å². The van der Waals surface area contributed by atoms with Crippen molar-refractivity contribution in [2.45, 2.75) is 0 Å². The van der Waals surface area contributed by atoms with Gasteiger partial charge in [0.15, 0.2) is 6.61 Å². The van der Waals surface area contributed by atoms with Gasteiger partial charge >= 0.3 is 0 Å². The highest BCUT2D eigenvalue weighted by Gasteiger charge is 2.10. The van der Waals surface area contributed by atoms with Gasteiger partial charge in [0.25, 0.3) is 5.91 Å². The number of hydrogen-bond acceptors (Lipinski definition) is 3. The Labute approximate surface area is 157 Å². The van der Waals surface area contributed by atoms with Crippen LogP contribution in [0.15, 0.2) is 91.0 Å². The fourth-order valence-electron chi connectivity index (χ4n) is 2.88. The predicted octanol–water partition coefficient (Wildman–Crippen LogP) is 4.92. The first-order valence-electron chi connectivity index (χ1n) is 8.72. The van der Waals surface area contributed by atoms with E-state index in [2.05, 4.69) is 5.32 Å². The number of anilines is 1. The van der Waals surface area contributed by atoms with E-state index >= 15 is 0 Å². The molecule has 1 heterocycles. The Hall–Kier alpha value is -3.66. The average Bonchev–Trinajstić information content (AvgIpc) is 2.73. The molecule has 0 aliphatic heterocycles. The van der Waals surface area contributed by atoms with Gasteiger partial charge in [0.05, 0.1) is 16.9 Å². The smallest absolute Gasteiger partial charge is 0.262 e. The van der Waals surface area contributed by atoms with Gasteiger partial charge < -0.3 is 10.1 Å². The summed E-state index contributed by atoms with van der Waals surface area (Å²) in [6.07, 6.45) is 0. The third-order valence-electron chi connectivity index (χ3n) is 4.19. The molecule has 27 heavy (non-hydrogen) atoms. The van der Waals surface area contributed by atoms with Crippen molar-refractivity contribution in [3.8, 4) is 17.0 Å². The topological polar surface area (TPSA) is 51.2 Å². The summed E-state index contributed by atoms with van der Waals surface area (Å²) < 4.78 is 5.52. The first-order chi connectivity index (χ1) is 13.3. The SMILES string of the molecule is O=C(COc1ccccc1)Nc1ccccc1-c1ccc2ccccc2n1. The van der Waals surface area contributed by atoms with E-state index in [1.54, 1.807) is 0 Å². The molecule has 3 aromatic carbocycles. The highest BCUT2D eigenvalue weighted by atomic mass is 16.5. The number of ether oxygens (including phenoxy) is 1. The summed E-state index contributed by atoms with van der Waals surface area (Å²) >= 11 is 0. The average molecular weight is 354 g/mol. The molecule has 132 valence electrons. The molecule has 0 fully saturated rings.